The lowest BCUT2D eigenvalue weighted by atomic mass is 10.1. The summed E-state index contributed by atoms with van der Waals surface area (Å²) >= 11 is 3.44. The fraction of sp³-hybridized carbons (Fsp3) is 0.211. The van der Waals surface area contributed by atoms with Crippen LogP contribution in [-0.4, -0.2) is 12.4 Å². The molecule has 4 heteroatoms. The highest BCUT2D eigenvalue weighted by molar-refractivity contribution is 9.09. The van der Waals surface area contributed by atoms with Crippen LogP contribution in [0.4, 0.5) is 0 Å². The van der Waals surface area contributed by atoms with Crippen LogP contribution in [0.25, 0.3) is 6.08 Å². The summed E-state index contributed by atoms with van der Waals surface area (Å²) in [7, 11) is 1.65. The van der Waals surface area contributed by atoms with E-state index in [2.05, 4.69) is 22.0 Å². The van der Waals surface area contributed by atoms with Gasteiger partial charge in [0.15, 0.2) is 0 Å². The number of benzene rings is 2. The van der Waals surface area contributed by atoms with E-state index in [4.69, 9.17) is 14.7 Å². The van der Waals surface area contributed by atoms with Gasteiger partial charge in [0.05, 0.1) is 18.7 Å². The molecule has 0 radical (unpaired) electrons. The van der Waals surface area contributed by atoms with Crippen molar-refractivity contribution in [1.29, 1.82) is 5.26 Å². The zero-order valence-electron chi connectivity index (χ0n) is 13.2. The molecule has 0 bridgehead atoms. The van der Waals surface area contributed by atoms with Gasteiger partial charge in [0, 0.05) is 10.9 Å². The Kier molecular flexibility index (Phi) is 6.25. The van der Waals surface area contributed by atoms with Crippen LogP contribution in [0.5, 0.6) is 11.5 Å². The van der Waals surface area contributed by atoms with Crippen molar-refractivity contribution < 1.29 is 9.47 Å². The number of halogens is 1. The number of allylic oxidation sites excluding steroid dienone is 1. The zero-order chi connectivity index (χ0) is 16.7. The topological polar surface area (TPSA) is 42.2 Å². The quantitative estimate of drug-likeness (QED) is 0.675. The maximum Gasteiger partial charge on any atom is 0.127 e. The number of nitrogens with zero attached hydrogens (tertiary/aromatic N) is 1. The number of hydrogen-bond donors (Lipinski definition) is 0. The van der Waals surface area contributed by atoms with Gasteiger partial charge >= 0.3 is 0 Å². The van der Waals surface area contributed by atoms with Gasteiger partial charge in [-0.05, 0) is 42.8 Å². The molecule has 2 aromatic rings. The maximum absolute atomic E-state index is 9.07. The van der Waals surface area contributed by atoms with Gasteiger partial charge in [0.1, 0.15) is 18.1 Å². The van der Waals surface area contributed by atoms with Crippen LogP contribution in [0.2, 0.25) is 0 Å². The summed E-state index contributed by atoms with van der Waals surface area (Å²) in [6.07, 6.45) is 2.03. The molecule has 0 aliphatic carbocycles. The Labute approximate surface area is 145 Å². The first-order valence-corrected chi connectivity index (χ1v) is 8.31. The van der Waals surface area contributed by atoms with E-state index in [1.165, 1.54) is 0 Å². The molecule has 0 amide bonds. The van der Waals surface area contributed by atoms with E-state index in [9.17, 15) is 0 Å². The molecule has 0 aliphatic heterocycles. The molecule has 0 aliphatic rings. The predicted molar refractivity (Wildman–Crippen MR) is 95.9 cm³/mol. The van der Waals surface area contributed by atoms with Crippen LogP contribution in [0.3, 0.4) is 0 Å². The average molecular weight is 372 g/mol. The third kappa shape index (κ3) is 4.87. The van der Waals surface area contributed by atoms with Gasteiger partial charge < -0.3 is 9.47 Å². The fourth-order valence-electron chi connectivity index (χ4n) is 2.05. The lowest BCUT2D eigenvalue weighted by molar-refractivity contribution is 0.305. The third-order valence-electron chi connectivity index (χ3n) is 3.30. The molecule has 2 aromatic carbocycles. The van der Waals surface area contributed by atoms with E-state index in [1.54, 1.807) is 13.2 Å². The highest BCUT2D eigenvalue weighted by atomic mass is 79.9. The summed E-state index contributed by atoms with van der Waals surface area (Å²) in [5.74, 6) is 1.59. The first-order valence-electron chi connectivity index (χ1n) is 7.19. The van der Waals surface area contributed by atoms with Crippen LogP contribution in [0.15, 0.2) is 48.0 Å². The zero-order valence-corrected chi connectivity index (χ0v) is 14.8. The minimum absolute atomic E-state index is 0.462. The summed E-state index contributed by atoms with van der Waals surface area (Å²) in [5.41, 5.74) is 3.75. The molecule has 0 heterocycles. The van der Waals surface area contributed by atoms with Crippen molar-refractivity contribution in [2.24, 2.45) is 0 Å². The van der Waals surface area contributed by atoms with Crippen molar-refractivity contribution in [2.45, 2.75) is 13.5 Å². The summed E-state index contributed by atoms with van der Waals surface area (Å²) in [5, 5.41) is 9.85. The summed E-state index contributed by atoms with van der Waals surface area (Å²) < 4.78 is 11.1. The van der Waals surface area contributed by atoms with Gasteiger partial charge in [-0.15, -0.1) is 0 Å². The van der Waals surface area contributed by atoms with E-state index in [0.717, 1.165) is 33.5 Å². The van der Waals surface area contributed by atoms with Crippen LogP contribution in [0.1, 0.15) is 23.6 Å². The number of nitriles is 1. The lowest BCUT2D eigenvalue weighted by Gasteiger charge is -2.11. The molecule has 3 nitrogen and oxygen atoms in total. The Balaban J connectivity index is 2.19. The molecule has 0 unspecified atom stereocenters. The minimum atomic E-state index is 0.462. The monoisotopic (exact) mass is 371 g/mol. The smallest absolute Gasteiger partial charge is 0.127 e. The normalized spacial score (nSPS) is 11.0. The number of methoxy groups -OCH3 is 1. The van der Waals surface area contributed by atoms with E-state index in [-0.39, 0.29) is 0 Å². The van der Waals surface area contributed by atoms with Crippen molar-refractivity contribution in [3.8, 4) is 17.6 Å². The molecule has 118 valence electrons. The van der Waals surface area contributed by atoms with E-state index in [1.807, 2.05) is 49.4 Å². The first kappa shape index (κ1) is 17.1. The SMILES string of the molecule is COc1ccc(COc2ccc(C#N)cc2/C=C(\C)CBr)cc1. The Morgan fingerprint density at radius 3 is 2.57 bits per heavy atom. The van der Waals surface area contributed by atoms with Crippen molar-refractivity contribution in [3.63, 3.8) is 0 Å². The van der Waals surface area contributed by atoms with E-state index >= 15 is 0 Å². The summed E-state index contributed by atoms with van der Waals surface area (Å²) in [6.45, 7) is 2.49. The second-order valence-electron chi connectivity index (χ2n) is 5.13. The Bertz CT molecular complexity index is 730. The van der Waals surface area contributed by atoms with Crippen LogP contribution >= 0.6 is 15.9 Å². The summed E-state index contributed by atoms with van der Waals surface area (Å²) in [4.78, 5) is 0. The molecule has 2 rings (SSSR count). The van der Waals surface area contributed by atoms with Gasteiger partial charge in [0.2, 0.25) is 0 Å². The Morgan fingerprint density at radius 1 is 1.22 bits per heavy atom. The lowest BCUT2D eigenvalue weighted by Crippen LogP contribution is -1.98. The molecule has 0 saturated heterocycles. The van der Waals surface area contributed by atoms with Gasteiger partial charge in [-0.25, -0.2) is 0 Å². The van der Waals surface area contributed by atoms with Crippen molar-refractivity contribution in [2.75, 3.05) is 12.4 Å². The number of alkyl halides is 1. The van der Waals surface area contributed by atoms with Crippen molar-refractivity contribution in [1.82, 2.24) is 0 Å². The molecule has 0 spiro atoms. The third-order valence-corrected chi connectivity index (χ3v) is 4.19. The molecular weight excluding hydrogens is 354 g/mol. The van der Waals surface area contributed by atoms with Crippen LogP contribution in [-0.2, 0) is 6.61 Å². The minimum Gasteiger partial charge on any atom is -0.497 e. The average Bonchev–Trinajstić information content (AvgIpc) is 2.60. The summed E-state index contributed by atoms with van der Waals surface area (Å²) in [6, 6.07) is 15.4. The number of ether oxygens (including phenoxy) is 2. The number of rotatable bonds is 6. The largest absolute Gasteiger partial charge is 0.497 e. The van der Waals surface area contributed by atoms with Crippen molar-refractivity contribution in [3.05, 3.63) is 64.7 Å². The maximum atomic E-state index is 9.07. The molecular formula is C19H18BrNO2. The highest BCUT2D eigenvalue weighted by Crippen LogP contribution is 2.24. The Hall–Kier alpha value is -2.25. The standard InChI is InChI=1S/C19H18BrNO2/c1-14(11-20)9-17-10-16(12-21)5-8-19(17)23-13-15-3-6-18(22-2)7-4-15/h3-10H,11,13H2,1-2H3/b14-9+. The highest BCUT2D eigenvalue weighted by Gasteiger charge is 2.05. The van der Waals surface area contributed by atoms with E-state index in [0.29, 0.717) is 12.2 Å². The molecule has 23 heavy (non-hydrogen) atoms. The number of hydrogen-bond acceptors (Lipinski definition) is 3. The molecule has 0 atom stereocenters. The van der Waals surface area contributed by atoms with Gasteiger partial charge in [-0.3, -0.25) is 0 Å². The van der Waals surface area contributed by atoms with Crippen molar-refractivity contribution >= 4 is 22.0 Å². The van der Waals surface area contributed by atoms with Gasteiger partial charge in [-0.1, -0.05) is 39.7 Å². The molecule has 0 saturated carbocycles. The van der Waals surface area contributed by atoms with Gasteiger partial charge in [-0.2, -0.15) is 5.26 Å². The van der Waals surface area contributed by atoms with Crippen LogP contribution < -0.4 is 9.47 Å². The molecule has 0 N–H and O–H groups in total. The second-order valence-corrected chi connectivity index (χ2v) is 5.69. The van der Waals surface area contributed by atoms with Gasteiger partial charge in [0.25, 0.3) is 0 Å². The molecule has 0 aromatic heterocycles. The van der Waals surface area contributed by atoms with E-state index < -0.39 is 0 Å². The van der Waals surface area contributed by atoms with Crippen LogP contribution in [0, 0.1) is 11.3 Å². The Morgan fingerprint density at radius 2 is 1.96 bits per heavy atom. The fourth-order valence-corrected chi connectivity index (χ4v) is 2.21. The molecule has 0 fully saturated rings. The second kappa shape index (κ2) is 8.40. The predicted octanol–water partition coefficient (Wildman–Crippen LogP) is 4.94. The first-order chi connectivity index (χ1) is 11.2.